The van der Waals surface area contributed by atoms with E-state index in [2.05, 4.69) is 27.4 Å². The fourth-order valence-corrected chi connectivity index (χ4v) is 3.90. The van der Waals surface area contributed by atoms with Crippen molar-refractivity contribution in [1.82, 2.24) is 29.9 Å². The maximum absolute atomic E-state index is 12.9. The van der Waals surface area contributed by atoms with E-state index in [4.69, 9.17) is 4.74 Å². The molecule has 1 saturated heterocycles. The fourth-order valence-electron chi connectivity index (χ4n) is 3.90. The third-order valence-electron chi connectivity index (χ3n) is 5.57. The van der Waals surface area contributed by atoms with Crippen molar-refractivity contribution < 1.29 is 9.53 Å². The Bertz CT molecular complexity index is 811. The first-order valence-corrected chi connectivity index (χ1v) is 9.40. The van der Waals surface area contributed by atoms with E-state index in [1.165, 1.54) is 0 Å². The van der Waals surface area contributed by atoms with E-state index in [1.54, 1.807) is 0 Å². The third-order valence-corrected chi connectivity index (χ3v) is 5.57. The SMILES string of the molecule is CCc1nc2n(n1)C[C@@H](NC(=O)[C@H]1CCO[C@@H]1c1cnn(C)c1C)CC2. The molecule has 0 spiro atoms. The Kier molecular flexibility index (Phi) is 4.52. The van der Waals surface area contributed by atoms with E-state index in [0.29, 0.717) is 13.2 Å². The molecule has 8 heteroatoms. The van der Waals surface area contributed by atoms with Crippen molar-refractivity contribution in [3.05, 3.63) is 29.1 Å². The normalized spacial score (nSPS) is 25.3. The maximum Gasteiger partial charge on any atom is 0.226 e. The molecule has 2 aliphatic rings. The van der Waals surface area contributed by atoms with E-state index in [9.17, 15) is 4.79 Å². The Labute approximate surface area is 152 Å². The highest BCUT2D eigenvalue weighted by molar-refractivity contribution is 5.80. The average molecular weight is 358 g/mol. The number of amides is 1. The summed E-state index contributed by atoms with van der Waals surface area (Å²) in [4.78, 5) is 17.5. The van der Waals surface area contributed by atoms with Crippen LogP contribution in [0.3, 0.4) is 0 Å². The van der Waals surface area contributed by atoms with Gasteiger partial charge in [0, 0.05) is 43.8 Å². The topological polar surface area (TPSA) is 86.9 Å². The monoisotopic (exact) mass is 358 g/mol. The van der Waals surface area contributed by atoms with Crippen LogP contribution in [0.15, 0.2) is 6.20 Å². The van der Waals surface area contributed by atoms with Crippen LogP contribution in [0, 0.1) is 12.8 Å². The van der Waals surface area contributed by atoms with Crippen molar-refractivity contribution in [3.8, 4) is 0 Å². The van der Waals surface area contributed by atoms with Gasteiger partial charge in [0.2, 0.25) is 5.91 Å². The second-order valence-electron chi connectivity index (χ2n) is 7.22. The lowest BCUT2D eigenvalue weighted by Gasteiger charge is -2.26. The minimum absolute atomic E-state index is 0.0695. The minimum Gasteiger partial charge on any atom is -0.373 e. The summed E-state index contributed by atoms with van der Waals surface area (Å²) in [5.74, 6) is 1.81. The van der Waals surface area contributed by atoms with Crippen LogP contribution in [0.1, 0.15) is 48.8 Å². The zero-order valence-corrected chi connectivity index (χ0v) is 15.6. The third kappa shape index (κ3) is 3.02. The number of aryl methyl sites for hydroxylation is 3. The molecule has 0 unspecified atom stereocenters. The van der Waals surface area contributed by atoms with Crippen LogP contribution < -0.4 is 5.32 Å². The largest absolute Gasteiger partial charge is 0.373 e. The van der Waals surface area contributed by atoms with Crippen LogP contribution in [0.4, 0.5) is 0 Å². The van der Waals surface area contributed by atoms with Crippen molar-refractivity contribution in [1.29, 1.82) is 0 Å². The molecule has 26 heavy (non-hydrogen) atoms. The number of carbonyl (C=O) groups excluding carboxylic acids is 1. The quantitative estimate of drug-likeness (QED) is 0.884. The fraction of sp³-hybridized carbons (Fsp3) is 0.667. The summed E-state index contributed by atoms with van der Waals surface area (Å²) < 4.78 is 9.66. The summed E-state index contributed by atoms with van der Waals surface area (Å²) in [6.07, 6.45) is 4.94. The minimum atomic E-state index is -0.207. The number of ether oxygens (including phenoxy) is 1. The smallest absolute Gasteiger partial charge is 0.226 e. The molecule has 0 aromatic carbocycles. The number of hydrogen-bond donors (Lipinski definition) is 1. The van der Waals surface area contributed by atoms with Crippen LogP contribution in [0.5, 0.6) is 0 Å². The van der Waals surface area contributed by atoms with Gasteiger partial charge in [0.25, 0.3) is 0 Å². The van der Waals surface area contributed by atoms with Gasteiger partial charge < -0.3 is 10.1 Å². The molecule has 8 nitrogen and oxygen atoms in total. The van der Waals surface area contributed by atoms with Gasteiger partial charge in [-0.25, -0.2) is 9.67 Å². The molecule has 1 amide bonds. The van der Waals surface area contributed by atoms with Crippen molar-refractivity contribution in [2.75, 3.05) is 6.61 Å². The first-order valence-electron chi connectivity index (χ1n) is 9.40. The Morgan fingerprint density at radius 3 is 3.00 bits per heavy atom. The molecule has 0 saturated carbocycles. The lowest BCUT2D eigenvalue weighted by Crippen LogP contribution is -2.44. The Hall–Kier alpha value is -2.22. The van der Waals surface area contributed by atoms with E-state index in [1.807, 2.05) is 29.5 Å². The van der Waals surface area contributed by atoms with Crippen LogP contribution >= 0.6 is 0 Å². The standard InChI is InChI=1S/C18H26N6O2/c1-4-15-21-16-6-5-12(10-24(16)22-15)20-18(25)13-7-8-26-17(13)14-9-19-23(3)11(14)2/h9,12-13,17H,4-8,10H2,1-3H3,(H,20,25)/t12-,13-,17-/m0/s1. The Morgan fingerprint density at radius 1 is 1.42 bits per heavy atom. The lowest BCUT2D eigenvalue weighted by molar-refractivity contribution is -0.127. The Morgan fingerprint density at radius 2 is 2.27 bits per heavy atom. The van der Waals surface area contributed by atoms with E-state index >= 15 is 0 Å². The van der Waals surface area contributed by atoms with Crippen LogP contribution in [-0.4, -0.2) is 43.1 Å². The number of hydrogen-bond acceptors (Lipinski definition) is 5. The molecule has 1 N–H and O–H groups in total. The zero-order chi connectivity index (χ0) is 18.3. The number of aromatic nitrogens is 5. The van der Waals surface area contributed by atoms with Gasteiger partial charge in [-0.1, -0.05) is 6.92 Å². The van der Waals surface area contributed by atoms with Gasteiger partial charge in [0.15, 0.2) is 5.82 Å². The van der Waals surface area contributed by atoms with Crippen LogP contribution in [0.2, 0.25) is 0 Å². The number of carbonyl (C=O) groups is 1. The number of nitrogens with zero attached hydrogens (tertiary/aromatic N) is 5. The molecule has 140 valence electrons. The molecule has 4 rings (SSSR count). The lowest BCUT2D eigenvalue weighted by atomic mass is 9.94. The number of nitrogens with one attached hydrogen (secondary N) is 1. The second kappa shape index (κ2) is 6.83. The van der Waals surface area contributed by atoms with Gasteiger partial charge in [0.05, 0.1) is 24.8 Å². The molecule has 3 atom stereocenters. The van der Waals surface area contributed by atoms with Crippen LogP contribution in [-0.2, 0) is 36.0 Å². The van der Waals surface area contributed by atoms with Crippen molar-refractivity contribution >= 4 is 5.91 Å². The van der Waals surface area contributed by atoms with Gasteiger partial charge in [0.1, 0.15) is 5.82 Å². The molecule has 2 aromatic rings. The van der Waals surface area contributed by atoms with Gasteiger partial charge in [-0.2, -0.15) is 10.2 Å². The van der Waals surface area contributed by atoms with Gasteiger partial charge in [-0.15, -0.1) is 0 Å². The highest BCUT2D eigenvalue weighted by Gasteiger charge is 2.38. The van der Waals surface area contributed by atoms with E-state index in [-0.39, 0.29) is 24.0 Å². The van der Waals surface area contributed by atoms with E-state index < -0.39 is 0 Å². The molecular formula is C18H26N6O2. The highest BCUT2D eigenvalue weighted by Crippen LogP contribution is 2.36. The van der Waals surface area contributed by atoms with Gasteiger partial charge >= 0.3 is 0 Å². The predicted molar refractivity (Wildman–Crippen MR) is 94.4 cm³/mol. The zero-order valence-electron chi connectivity index (χ0n) is 15.6. The first-order chi connectivity index (χ1) is 12.6. The molecule has 1 fully saturated rings. The number of rotatable bonds is 4. The molecule has 0 radical (unpaired) electrons. The highest BCUT2D eigenvalue weighted by atomic mass is 16.5. The summed E-state index contributed by atoms with van der Waals surface area (Å²) >= 11 is 0. The summed E-state index contributed by atoms with van der Waals surface area (Å²) in [6, 6.07) is 0.0950. The molecule has 2 aliphatic heterocycles. The summed E-state index contributed by atoms with van der Waals surface area (Å²) in [5, 5.41) is 12.0. The molecule has 0 aliphatic carbocycles. The summed E-state index contributed by atoms with van der Waals surface area (Å²) in [7, 11) is 1.91. The Balaban J connectivity index is 1.44. The molecular weight excluding hydrogens is 332 g/mol. The predicted octanol–water partition coefficient (Wildman–Crippen LogP) is 1.09. The molecule has 0 bridgehead atoms. The van der Waals surface area contributed by atoms with E-state index in [0.717, 1.165) is 48.6 Å². The van der Waals surface area contributed by atoms with Crippen molar-refractivity contribution in [2.24, 2.45) is 13.0 Å². The van der Waals surface area contributed by atoms with Crippen LogP contribution in [0.25, 0.3) is 0 Å². The van der Waals surface area contributed by atoms with Gasteiger partial charge in [-0.05, 0) is 19.8 Å². The summed E-state index contributed by atoms with van der Waals surface area (Å²) in [6.45, 7) is 5.37. The van der Waals surface area contributed by atoms with Crippen molar-refractivity contribution in [2.45, 2.75) is 58.2 Å². The van der Waals surface area contributed by atoms with Gasteiger partial charge in [-0.3, -0.25) is 9.48 Å². The number of fused-ring (bicyclic) bond motifs is 1. The second-order valence-corrected chi connectivity index (χ2v) is 7.22. The maximum atomic E-state index is 12.9. The average Bonchev–Trinajstić information content (AvgIpc) is 3.33. The summed E-state index contributed by atoms with van der Waals surface area (Å²) in [5.41, 5.74) is 2.06. The first kappa shape index (κ1) is 17.2. The molecule has 4 heterocycles. The van der Waals surface area contributed by atoms with Crippen molar-refractivity contribution in [3.63, 3.8) is 0 Å². The molecule has 2 aromatic heterocycles.